The smallest absolute Gasteiger partial charge is 0.277 e. The van der Waals surface area contributed by atoms with Gasteiger partial charge in [-0.05, 0) is 51.2 Å². The second-order valence-electron chi connectivity index (χ2n) is 7.66. The molecule has 0 bridgehead atoms. The number of nitrogens with zero attached hydrogens (tertiary/aromatic N) is 2. The monoisotopic (exact) mass is 358 g/mol. The zero-order valence-electron chi connectivity index (χ0n) is 15.0. The minimum Gasteiger partial charge on any atom is -0.338 e. The molecule has 1 aromatic heterocycles. The van der Waals surface area contributed by atoms with Gasteiger partial charge in [-0.25, -0.2) is 4.98 Å². The van der Waals surface area contributed by atoms with Crippen molar-refractivity contribution in [3.8, 4) is 0 Å². The highest BCUT2D eigenvalue weighted by molar-refractivity contribution is 7.18. The van der Waals surface area contributed by atoms with Gasteiger partial charge in [-0.15, -0.1) is 11.3 Å². The first-order valence-corrected chi connectivity index (χ1v) is 10.5. The van der Waals surface area contributed by atoms with Crippen LogP contribution in [0.5, 0.6) is 0 Å². The number of carbonyl (C=O) groups is 1. The van der Waals surface area contributed by atoms with Gasteiger partial charge >= 0.3 is 0 Å². The number of carbonyl (C=O) groups excluding carboxylic acids is 1. The van der Waals surface area contributed by atoms with E-state index in [1.165, 1.54) is 33.9 Å². The van der Waals surface area contributed by atoms with E-state index in [9.17, 15) is 4.79 Å². The molecule has 3 heterocycles. The normalized spacial score (nSPS) is 25.4. The molecule has 25 heavy (non-hydrogen) atoms. The summed E-state index contributed by atoms with van der Waals surface area (Å²) in [5, 5.41) is 1.25. The first-order chi connectivity index (χ1) is 12.2. The highest BCUT2D eigenvalue weighted by Crippen LogP contribution is 2.33. The van der Waals surface area contributed by atoms with E-state index in [-0.39, 0.29) is 0 Å². The summed E-state index contributed by atoms with van der Waals surface area (Å²) in [6, 6.07) is 9.01. The molecule has 0 aliphatic carbocycles. The maximum atomic E-state index is 12.7. The maximum absolute atomic E-state index is 12.7. The van der Waals surface area contributed by atoms with Crippen LogP contribution in [0.4, 0.5) is 0 Å². The van der Waals surface area contributed by atoms with Crippen LogP contribution in [0.1, 0.15) is 50.0 Å². The molecule has 134 valence electrons. The molecular weight excluding hydrogens is 330 g/mol. The van der Waals surface area contributed by atoms with Crippen molar-refractivity contribution in [2.24, 2.45) is 0 Å². The highest BCUT2D eigenvalue weighted by atomic mass is 32.1. The van der Waals surface area contributed by atoms with Crippen LogP contribution in [-0.2, 0) is 4.79 Å². The fourth-order valence-corrected chi connectivity index (χ4v) is 5.40. The number of quaternary nitrogens is 1. The largest absolute Gasteiger partial charge is 0.338 e. The average molecular weight is 359 g/mol. The zero-order valence-corrected chi connectivity index (χ0v) is 15.9. The van der Waals surface area contributed by atoms with Crippen LogP contribution >= 0.6 is 11.3 Å². The van der Waals surface area contributed by atoms with Crippen molar-refractivity contribution in [1.29, 1.82) is 0 Å². The van der Waals surface area contributed by atoms with Crippen LogP contribution in [0, 0.1) is 0 Å². The van der Waals surface area contributed by atoms with Crippen LogP contribution in [-0.4, -0.2) is 48.0 Å². The standard InChI is InChI=1S/C20H27N3OS/c1-15-6-4-5-11-23(15)14-19(24)22-12-9-16(10-13-22)20-21-17-7-2-3-8-18(17)25-20/h2-3,7-8,15-16H,4-6,9-14H2,1H3/p+1/t15-/m1/s1. The Morgan fingerprint density at radius 2 is 2.04 bits per heavy atom. The average Bonchev–Trinajstić information content (AvgIpc) is 3.08. The van der Waals surface area contributed by atoms with E-state index in [4.69, 9.17) is 4.98 Å². The van der Waals surface area contributed by atoms with Gasteiger partial charge in [0, 0.05) is 19.0 Å². The molecule has 1 amide bonds. The molecule has 2 aliphatic heterocycles. The molecular formula is C20H28N3OS+. The molecule has 4 rings (SSSR count). The van der Waals surface area contributed by atoms with Crippen LogP contribution in [0.15, 0.2) is 24.3 Å². The fourth-order valence-electron chi connectivity index (χ4n) is 4.26. The van der Waals surface area contributed by atoms with Gasteiger partial charge in [-0.3, -0.25) is 4.79 Å². The number of rotatable bonds is 3. The van der Waals surface area contributed by atoms with Gasteiger partial charge < -0.3 is 9.80 Å². The van der Waals surface area contributed by atoms with Gasteiger partial charge in [0.05, 0.1) is 27.8 Å². The van der Waals surface area contributed by atoms with E-state index in [0.29, 0.717) is 24.4 Å². The van der Waals surface area contributed by atoms with Crippen molar-refractivity contribution in [1.82, 2.24) is 9.88 Å². The maximum Gasteiger partial charge on any atom is 0.277 e. The summed E-state index contributed by atoms with van der Waals surface area (Å²) in [6.45, 7) is 5.92. The third-order valence-electron chi connectivity index (χ3n) is 5.97. The topological polar surface area (TPSA) is 37.6 Å². The fraction of sp³-hybridized carbons (Fsp3) is 0.600. The minimum absolute atomic E-state index is 0.353. The van der Waals surface area contributed by atoms with Crippen LogP contribution in [0.3, 0.4) is 0 Å². The number of aromatic nitrogens is 1. The molecule has 2 atom stereocenters. The predicted molar refractivity (Wildman–Crippen MR) is 102 cm³/mol. The number of thiazole rings is 1. The summed E-state index contributed by atoms with van der Waals surface area (Å²) in [5.41, 5.74) is 1.11. The molecule has 2 aliphatic rings. The number of hydrogen-bond acceptors (Lipinski definition) is 3. The van der Waals surface area contributed by atoms with E-state index >= 15 is 0 Å². The minimum atomic E-state index is 0.353. The number of likely N-dealkylation sites (tertiary alicyclic amines) is 2. The van der Waals surface area contributed by atoms with Gasteiger partial charge in [0.2, 0.25) is 0 Å². The molecule has 2 aromatic rings. The van der Waals surface area contributed by atoms with Crippen molar-refractivity contribution in [3.63, 3.8) is 0 Å². The number of nitrogens with one attached hydrogen (secondary N) is 1. The Hall–Kier alpha value is -1.46. The van der Waals surface area contributed by atoms with Crippen molar-refractivity contribution < 1.29 is 9.69 Å². The van der Waals surface area contributed by atoms with E-state index in [1.54, 1.807) is 0 Å². The lowest BCUT2D eigenvalue weighted by molar-refractivity contribution is -0.921. The molecule has 0 saturated carbocycles. The second kappa shape index (κ2) is 7.42. The third kappa shape index (κ3) is 3.72. The lowest BCUT2D eigenvalue weighted by Gasteiger charge is -2.34. The van der Waals surface area contributed by atoms with E-state index < -0.39 is 0 Å². The van der Waals surface area contributed by atoms with Gasteiger partial charge in [0.15, 0.2) is 6.54 Å². The first kappa shape index (κ1) is 17.0. The van der Waals surface area contributed by atoms with Crippen molar-refractivity contribution in [3.05, 3.63) is 29.3 Å². The highest BCUT2D eigenvalue weighted by Gasteiger charge is 2.30. The summed E-state index contributed by atoms with van der Waals surface area (Å²) in [6.07, 6.45) is 5.97. The summed E-state index contributed by atoms with van der Waals surface area (Å²) >= 11 is 1.82. The Morgan fingerprint density at radius 3 is 2.80 bits per heavy atom. The Kier molecular flexibility index (Phi) is 5.04. The lowest BCUT2D eigenvalue weighted by atomic mass is 9.97. The first-order valence-electron chi connectivity index (χ1n) is 9.68. The SMILES string of the molecule is C[C@@H]1CCCC[NH+]1CC(=O)N1CCC(c2nc3ccccc3s2)CC1. The third-order valence-corrected chi connectivity index (χ3v) is 7.17. The quantitative estimate of drug-likeness (QED) is 0.915. The lowest BCUT2D eigenvalue weighted by Crippen LogP contribution is -3.17. The molecule has 1 N–H and O–H groups in total. The summed E-state index contributed by atoms with van der Waals surface area (Å²) < 4.78 is 1.28. The number of fused-ring (bicyclic) bond motifs is 1. The van der Waals surface area contributed by atoms with E-state index in [2.05, 4.69) is 36.1 Å². The molecule has 0 spiro atoms. The number of para-hydroxylation sites is 1. The molecule has 0 radical (unpaired) electrons. The van der Waals surface area contributed by atoms with E-state index in [0.717, 1.165) is 38.0 Å². The summed E-state index contributed by atoms with van der Waals surface area (Å²) in [5.74, 6) is 0.870. The molecule has 2 fully saturated rings. The second-order valence-corrected chi connectivity index (χ2v) is 8.72. The van der Waals surface area contributed by atoms with Gasteiger partial charge in [-0.1, -0.05) is 12.1 Å². The summed E-state index contributed by atoms with van der Waals surface area (Å²) in [7, 11) is 0. The number of amides is 1. The van der Waals surface area contributed by atoms with Gasteiger partial charge in [-0.2, -0.15) is 0 Å². The Morgan fingerprint density at radius 1 is 1.24 bits per heavy atom. The Labute approximate surface area is 153 Å². The van der Waals surface area contributed by atoms with Crippen LogP contribution < -0.4 is 4.90 Å². The molecule has 2 saturated heterocycles. The molecule has 1 aromatic carbocycles. The molecule has 4 nitrogen and oxygen atoms in total. The Balaban J connectivity index is 1.33. The van der Waals surface area contributed by atoms with Gasteiger partial charge in [0.1, 0.15) is 0 Å². The van der Waals surface area contributed by atoms with Crippen molar-refractivity contribution >= 4 is 27.5 Å². The molecule has 5 heteroatoms. The number of piperidine rings is 2. The Bertz CT molecular complexity index is 702. The number of hydrogen-bond donors (Lipinski definition) is 1. The molecule has 1 unspecified atom stereocenters. The van der Waals surface area contributed by atoms with Gasteiger partial charge in [0.25, 0.3) is 5.91 Å². The van der Waals surface area contributed by atoms with E-state index in [1.807, 2.05) is 11.3 Å². The van der Waals surface area contributed by atoms with Crippen molar-refractivity contribution in [2.75, 3.05) is 26.2 Å². The zero-order chi connectivity index (χ0) is 17.2. The van der Waals surface area contributed by atoms with Crippen LogP contribution in [0.25, 0.3) is 10.2 Å². The number of benzene rings is 1. The van der Waals surface area contributed by atoms with Crippen molar-refractivity contribution in [2.45, 2.75) is 51.0 Å². The summed E-state index contributed by atoms with van der Waals surface area (Å²) in [4.78, 5) is 21.1. The van der Waals surface area contributed by atoms with Crippen LogP contribution in [0.2, 0.25) is 0 Å². The predicted octanol–water partition coefficient (Wildman–Crippen LogP) is 2.46.